The van der Waals surface area contributed by atoms with Crippen LogP contribution in [0.5, 0.6) is 0 Å². The van der Waals surface area contributed by atoms with Crippen molar-refractivity contribution in [2.45, 2.75) is 191 Å². The van der Waals surface area contributed by atoms with Crippen molar-refractivity contribution < 1.29 is 154 Å². The second-order valence-electron chi connectivity index (χ2n) is 17.6. The highest BCUT2D eigenvalue weighted by atomic mass is 16.8. The molecule has 0 saturated carbocycles. The minimum atomic E-state index is -2.22. The molecule has 0 bridgehead atoms. The number of aliphatic hydroxyl groups excluding tert-OH is 19. The van der Waals surface area contributed by atoms with Crippen molar-refractivity contribution in [1.82, 2.24) is 5.32 Å². The highest BCUT2D eigenvalue weighted by Gasteiger charge is 2.56. The van der Waals surface area contributed by atoms with Gasteiger partial charge >= 0.3 is 0 Å². The Morgan fingerprint density at radius 3 is 1.11 bits per heavy atom. The Morgan fingerprint density at radius 1 is 0.371 bits per heavy atom. The number of amides is 1. The molecule has 0 aromatic rings. The van der Waals surface area contributed by atoms with Crippen molar-refractivity contribution in [3.8, 4) is 0 Å². The van der Waals surface area contributed by atoms with E-state index in [9.17, 15) is 102 Å². The maximum atomic E-state index is 11.9. The molecular weight excluding hydrogens is 966 g/mol. The van der Waals surface area contributed by atoms with Crippen LogP contribution in [-0.2, 0) is 56.9 Å². The predicted molar refractivity (Wildman–Crippen MR) is 211 cm³/mol. The van der Waals surface area contributed by atoms with Crippen molar-refractivity contribution in [1.29, 1.82) is 0 Å². The standard InChI is InChI=1S/C38H65NO31/c1-8(44)39-15-21(50)30(12(5-43)62-33(15)59)68-38-29(58)32(70-37-27(56)24(53)18(47)11(4-42)65-37)20(49)14(67-38)7-61-35-28(57)31(69-36-26(55)23(52)17(46)10(3-41)64-36)19(48)13(66-35)6-60-34-25(54)22(51)16(45)9(2-40)63-34/h9-38,40-43,45-59H,2-7H2,1H3,(H,39,44)/t9-,10+,11-,12-,13+,14+,15-,16-,17+,18-,19+,20+,21-,22+,23-,24+,25+,26-,27+,28-,29-,30-,31-,32-,33-,34+,35-,36+,37-,38-/m0/s1. The summed E-state index contributed by atoms with van der Waals surface area (Å²) in [6.07, 6.45) is -55.8. The minimum absolute atomic E-state index is 0.752. The van der Waals surface area contributed by atoms with E-state index in [-0.39, 0.29) is 0 Å². The first kappa shape index (κ1) is 57.5. The minimum Gasteiger partial charge on any atom is -0.394 e. The van der Waals surface area contributed by atoms with Gasteiger partial charge in [-0.15, -0.1) is 0 Å². The van der Waals surface area contributed by atoms with Crippen LogP contribution in [0.15, 0.2) is 0 Å². The number of carbonyl (C=O) groups excluding carboxylic acids is 1. The quantitative estimate of drug-likeness (QED) is 0.0643. The van der Waals surface area contributed by atoms with Crippen LogP contribution in [-0.4, -0.2) is 327 Å². The van der Waals surface area contributed by atoms with Gasteiger partial charge in [-0.2, -0.15) is 0 Å². The summed E-state index contributed by atoms with van der Waals surface area (Å²) >= 11 is 0. The van der Waals surface area contributed by atoms with E-state index >= 15 is 0 Å². The van der Waals surface area contributed by atoms with E-state index in [0.29, 0.717) is 0 Å². The van der Waals surface area contributed by atoms with E-state index in [2.05, 4.69) is 5.32 Å². The second-order valence-corrected chi connectivity index (χ2v) is 17.6. The molecule has 32 nitrogen and oxygen atoms in total. The largest absolute Gasteiger partial charge is 0.394 e. The Balaban J connectivity index is 1.27. The summed E-state index contributed by atoms with van der Waals surface area (Å²) in [4.78, 5) is 11.9. The molecular formula is C38H65NO31. The normalized spacial score (nSPS) is 51.5. The van der Waals surface area contributed by atoms with Crippen LogP contribution < -0.4 is 5.32 Å². The number of rotatable bonds is 17. The first-order chi connectivity index (χ1) is 33.1. The van der Waals surface area contributed by atoms with Crippen molar-refractivity contribution in [3.05, 3.63) is 0 Å². The average molecular weight is 1030 g/mol. The Morgan fingerprint density at radius 2 is 0.700 bits per heavy atom. The molecule has 0 unspecified atom stereocenters. The summed E-state index contributed by atoms with van der Waals surface area (Å²) in [5.74, 6) is -0.752. The van der Waals surface area contributed by atoms with E-state index in [0.717, 1.165) is 6.92 Å². The molecule has 6 heterocycles. The van der Waals surface area contributed by atoms with Crippen LogP contribution in [0.25, 0.3) is 0 Å². The molecule has 70 heavy (non-hydrogen) atoms. The molecule has 0 radical (unpaired) electrons. The zero-order valence-corrected chi connectivity index (χ0v) is 37.0. The summed E-state index contributed by atoms with van der Waals surface area (Å²) in [7, 11) is 0. The third kappa shape index (κ3) is 12.2. The van der Waals surface area contributed by atoms with Crippen molar-refractivity contribution in [3.63, 3.8) is 0 Å². The molecule has 6 rings (SSSR count). The maximum absolute atomic E-state index is 11.9. The highest BCUT2D eigenvalue weighted by Crippen LogP contribution is 2.35. The van der Waals surface area contributed by atoms with Gasteiger partial charge in [0.05, 0.1) is 39.6 Å². The van der Waals surface area contributed by atoms with Gasteiger partial charge in [-0.1, -0.05) is 0 Å². The molecule has 1 amide bonds. The zero-order valence-electron chi connectivity index (χ0n) is 37.0. The topological polar surface area (TPSA) is 515 Å². The van der Waals surface area contributed by atoms with Gasteiger partial charge in [-0.3, -0.25) is 4.79 Å². The van der Waals surface area contributed by atoms with E-state index in [1.54, 1.807) is 0 Å². The molecule has 30 atom stereocenters. The fourth-order valence-corrected chi connectivity index (χ4v) is 8.70. The third-order valence-corrected chi connectivity index (χ3v) is 12.8. The smallest absolute Gasteiger partial charge is 0.217 e. The number of ether oxygens (including phenoxy) is 11. The summed E-state index contributed by atoms with van der Waals surface area (Å²) in [6.45, 7) is -4.46. The van der Waals surface area contributed by atoms with Gasteiger partial charge in [0.1, 0.15) is 146 Å². The first-order valence-corrected chi connectivity index (χ1v) is 22.1. The van der Waals surface area contributed by atoms with Crippen LogP contribution in [0, 0.1) is 0 Å². The molecule has 6 aliphatic rings. The van der Waals surface area contributed by atoms with E-state index < -0.39 is 230 Å². The Labute approximate surface area is 395 Å². The van der Waals surface area contributed by atoms with Gasteiger partial charge in [-0.25, -0.2) is 0 Å². The van der Waals surface area contributed by atoms with Crippen LogP contribution >= 0.6 is 0 Å². The maximum Gasteiger partial charge on any atom is 0.217 e. The lowest BCUT2D eigenvalue weighted by Crippen LogP contribution is -2.68. The van der Waals surface area contributed by atoms with Crippen LogP contribution in [0.2, 0.25) is 0 Å². The summed E-state index contributed by atoms with van der Waals surface area (Å²) < 4.78 is 61.8. The van der Waals surface area contributed by atoms with Crippen molar-refractivity contribution >= 4 is 5.91 Å². The zero-order chi connectivity index (χ0) is 51.6. The van der Waals surface area contributed by atoms with Gasteiger partial charge in [-0.05, 0) is 0 Å². The van der Waals surface area contributed by atoms with Gasteiger partial charge in [0, 0.05) is 6.92 Å². The molecule has 0 aliphatic carbocycles. The number of carbonyl (C=O) groups is 1. The molecule has 0 spiro atoms. The van der Waals surface area contributed by atoms with E-state index in [1.807, 2.05) is 0 Å². The van der Waals surface area contributed by atoms with Crippen LogP contribution in [0.3, 0.4) is 0 Å². The SMILES string of the molecule is CC(=O)N[C@H]1[C@H](O)[C@@H](O[C@@H]2O[C@H](CO[C@H]3O[C@H](CO[C@@H]4O[C@@H](CO)[C@H](O)[C@@H](O)[C@H]4O)[C@@H](O)[C@H](O[C@H]4O[C@H](CO)[C@@H](O)[C@H](O)[C@@H]4O)[C@@H]3O)[C@@H](O)[C@H](O[C@@H]3O[C@@H](CO)[C@H](O)[C@@H](O)[C@H]3O)[C@@H]2O)[C@H](CO)O[C@@H]1O. The molecule has 6 aliphatic heterocycles. The molecule has 20 N–H and O–H groups in total. The number of hydrogen-bond acceptors (Lipinski definition) is 31. The fourth-order valence-electron chi connectivity index (χ4n) is 8.70. The van der Waals surface area contributed by atoms with Crippen LogP contribution in [0.4, 0.5) is 0 Å². The lowest BCUT2D eigenvalue weighted by atomic mass is 9.95. The van der Waals surface area contributed by atoms with Gasteiger partial charge in [0.25, 0.3) is 0 Å². The summed E-state index contributed by atoms with van der Waals surface area (Å²) in [5, 5.41) is 204. The summed E-state index contributed by atoms with van der Waals surface area (Å²) in [6, 6.07) is -1.60. The van der Waals surface area contributed by atoms with Crippen LogP contribution in [0.1, 0.15) is 6.92 Å². The fraction of sp³-hybridized carbons (Fsp3) is 0.974. The number of hydrogen-bond donors (Lipinski definition) is 20. The molecule has 6 fully saturated rings. The molecule has 0 aromatic heterocycles. The highest BCUT2D eigenvalue weighted by molar-refractivity contribution is 5.73. The lowest BCUT2D eigenvalue weighted by molar-refractivity contribution is -0.384. The van der Waals surface area contributed by atoms with Gasteiger partial charge in [0.2, 0.25) is 5.91 Å². The monoisotopic (exact) mass is 1030 g/mol. The Bertz CT molecular complexity index is 1620. The molecule has 0 aromatic carbocycles. The average Bonchev–Trinajstić information content (AvgIpc) is 3.33. The van der Waals surface area contributed by atoms with E-state index in [4.69, 9.17) is 52.1 Å². The first-order valence-electron chi connectivity index (χ1n) is 22.1. The molecule has 32 heteroatoms. The predicted octanol–water partition coefficient (Wildman–Crippen LogP) is -14.0. The Hall–Kier alpha value is -1.73. The van der Waals surface area contributed by atoms with Crippen molar-refractivity contribution in [2.24, 2.45) is 0 Å². The third-order valence-electron chi connectivity index (χ3n) is 12.8. The summed E-state index contributed by atoms with van der Waals surface area (Å²) in [5.41, 5.74) is 0. The molecule has 408 valence electrons. The Kier molecular flexibility index (Phi) is 20.3. The lowest BCUT2D eigenvalue weighted by Gasteiger charge is -2.49. The number of nitrogens with one attached hydrogen (secondary N) is 1. The van der Waals surface area contributed by atoms with Crippen molar-refractivity contribution in [2.75, 3.05) is 39.6 Å². The second kappa shape index (κ2) is 24.7. The van der Waals surface area contributed by atoms with Gasteiger partial charge < -0.3 is 154 Å². The van der Waals surface area contributed by atoms with E-state index in [1.165, 1.54) is 0 Å². The number of aliphatic hydroxyl groups is 19. The molecule has 6 saturated heterocycles. The van der Waals surface area contributed by atoms with Gasteiger partial charge in [0.15, 0.2) is 37.7 Å².